The van der Waals surface area contributed by atoms with Crippen molar-refractivity contribution < 1.29 is 0 Å². The number of benzene rings is 2. The molecule has 1 aliphatic rings. The molecule has 1 atom stereocenters. The normalized spacial score (nSPS) is 16.4. The molecular weight excluding hydrogens is 326 g/mol. The molecule has 25 heavy (non-hydrogen) atoms. The summed E-state index contributed by atoms with van der Waals surface area (Å²) in [7, 11) is 0. The summed E-state index contributed by atoms with van der Waals surface area (Å²) in [5, 5.41) is 4.58. The van der Waals surface area contributed by atoms with E-state index in [9.17, 15) is 0 Å². The van der Waals surface area contributed by atoms with E-state index >= 15 is 0 Å². The Labute approximate surface area is 158 Å². The molecule has 0 amide bonds. The number of likely N-dealkylation sites (N-methyl/N-ethyl adjacent to an activating group) is 1. The summed E-state index contributed by atoms with van der Waals surface area (Å²) in [6.45, 7) is 9.64. The molecule has 0 spiro atoms. The van der Waals surface area contributed by atoms with Crippen molar-refractivity contribution in [3.8, 4) is 0 Å². The molecule has 0 bridgehead atoms. The Morgan fingerprint density at radius 2 is 1.60 bits per heavy atom. The molecule has 0 aliphatic heterocycles. The van der Waals surface area contributed by atoms with Crippen molar-refractivity contribution in [1.29, 1.82) is 0 Å². The topological polar surface area (TPSA) is 12.0 Å². The average molecular weight is 358 g/mol. The molecule has 1 fully saturated rings. The van der Waals surface area contributed by atoms with Crippen LogP contribution in [0.2, 0.25) is 5.02 Å². The van der Waals surface area contributed by atoms with Crippen molar-refractivity contribution in [2.75, 3.05) is 6.54 Å². The Morgan fingerprint density at radius 3 is 2.08 bits per heavy atom. The van der Waals surface area contributed by atoms with Gasteiger partial charge in [0.05, 0.1) is 0 Å². The van der Waals surface area contributed by atoms with Gasteiger partial charge in [-0.15, -0.1) is 0 Å². The van der Waals surface area contributed by atoms with Crippen molar-refractivity contribution >= 4 is 11.6 Å². The van der Waals surface area contributed by atoms with Gasteiger partial charge in [0, 0.05) is 16.5 Å². The first-order valence-electron chi connectivity index (χ1n) is 9.64. The first kappa shape index (κ1) is 20.0. The maximum atomic E-state index is 6.09. The molecule has 2 heteroatoms. The highest BCUT2D eigenvalue weighted by Crippen LogP contribution is 2.52. The lowest BCUT2D eigenvalue weighted by atomic mass is 9.58. The first-order chi connectivity index (χ1) is 12.1. The van der Waals surface area contributed by atoms with Crippen molar-refractivity contribution in [1.82, 2.24) is 5.32 Å². The minimum Gasteiger partial charge on any atom is -0.309 e. The van der Waals surface area contributed by atoms with E-state index in [2.05, 4.69) is 69.4 Å². The molecule has 2 aromatic carbocycles. The van der Waals surface area contributed by atoms with Crippen LogP contribution in [0.3, 0.4) is 0 Å². The Morgan fingerprint density at radius 1 is 1.00 bits per heavy atom. The highest BCUT2D eigenvalue weighted by atomic mass is 35.5. The Hall–Kier alpha value is -1.31. The van der Waals surface area contributed by atoms with Crippen LogP contribution in [0.15, 0.2) is 48.5 Å². The summed E-state index contributed by atoms with van der Waals surface area (Å²) in [4.78, 5) is 0. The van der Waals surface area contributed by atoms with E-state index in [-0.39, 0.29) is 5.41 Å². The second-order valence-electron chi connectivity index (χ2n) is 7.07. The smallest absolute Gasteiger partial charge is 0.0420 e. The van der Waals surface area contributed by atoms with Gasteiger partial charge in [-0.1, -0.05) is 81.6 Å². The quantitative estimate of drug-likeness (QED) is 0.617. The molecule has 0 radical (unpaired) electrons. The van der Waals surface area contributed by atoms with E-state index in [1.165, 1.54) is 42.4 Å². The van der Waals surface area contributed by atoms with Gasteiger partial charge in [-0.25, -0.2) is 0 Å². The fourth-order valence-corrected chi connectivity index (χ4v) is 3.93. The second kappa shape index (κ2) is 9.40. The molecule has 1 saturated carbocycles. The highest BCUT2D eigenvalue weighted by molar-refractivity contribution is 6.30. The summed E-state index contributed by atoms with van der Waals surface area (Å²) < 4.78 is 0. The van der Waals surface area contributed by atoms with Crippen LogP contribution in [-0.2, 0) is 5.41 Å². The Kier molecular flexibility index (Phi) is 7.53. The molecule has 1 N–H and O–H groups in total. The van der Waals surface area contributed by atoms with Crippen LogP contribution in [0.4, 0.5) is 0 Å². The first-order valence-corrected chi connectivity index (χ1v) is 10.0. The summed E-state index contributed by atoms with van der Waals surface area (Å²) in [5.41, 5.74) is 4.41. The number of halogens is 1. The summed E-state index contributed by atoms with van der Waals surface area (Å²) in [6.07, 6.45) is 5.03. The fourth-order valence-electron chi connectivity index (χ4n) is 3.80. The third kappa shape index (κ3) is 4.46. The molecule has 0 saturated heterocycles. The summed E-state index contributed by atoms with van der Waals surface area (Å²) in [5.74, 6) is 0. The zero-order valence-corrected chi connectivity index (χ0v) is 16.9. The van der Waals surface area contributed by atoms with Gasteiger partial charge in [0.1, 0.15) is 0 Å². The third-order valence-electron chi connectivity index (χ3n) is 5.13. The second-order valence-corrected chi connectivity index (χ2v) is 7.51. The molecular formula is C23H32ClN. The molecule has 1 aliphatic carbocycles. The zero-order valence-electron chi connectivity index (χ0n) is 16.1. The van der Waals surface area contributed by atoms with Crippen LogP contribution in [-0.4, -0.2) is 6.54 Å². The monoisotopic (exact) mass is 357 g/mol. The van der Waals surface area contributed by atoms with Gasteiger partial charge in [-0.05, 0) is 55.1 Å². The third-order valence-corrected chi connectivity index (χ3v) is 5.38. The van der Waals surface area contributed by atoms with Crippen LogP contribution in [0.5, 0.6) is 0 Å². The van der Waals surface area contributed by atoms with Gasteiger partial charge < -0.3 is 5.32 Å². The van der Waals surface area contributed by atoms with Crippen molar-refractivity contribution in [3.63, 3.8) is 0 Å². The number of hydrogen-bond donors (Lipinski definition) is 1. The van der Waals surface area contributed by atoms with Crippen LogP contribution >= 0.6 is 11.6 Å². The minimum atomic E-state index is 0.201. The van der Waals surface area contributed by atoms with Crippen molar-refractivity contribution in [3.05, 3.63) is 70.2 Å². The van der Waals surface area contributed by atoms with Crippen LogP contribution in [0, 0.1) is 6.92 Å². The van der Waals surface area contributed by atoms with Gasteiger partial charge >= 0.3 is 0 Å². The van der Waals surface area contributed by atoms with Gasteiger partial charge in [-0.2, -0.15) is 0 Å². The number of aryl methyl sites for hydroxylation is 1. The summed E-state index contributed by atoms with van der Waals surface area (Å²) in [6, 6.07) is 17.6. The van der Waals surface area contributed by atoms with Crippen LogP contribution < -0.4 is 5.32 Å². The van der Waals surface area contributed by atoms with Gasteiger partial charge in [0.2, 0.25) is 0 Å². The maximum absolute atomic E-state index is 6.09. The van der Waals surface area contributed by atoms with Gasteiger partial charge in [0.15, 0.2) is 0 Å². The number of hydrogen-bond acceptors (Lipinski definition) is 1. The minimum absolute atomic E-state index is 0.201. The lowest BCUT2D eigenvalue weighted by molar-refractivity contribution is 0.170. The van der Waals surface area contributed by atoms with Crippen LogP contribution in [0.25, 0.3) is 0 Å². The SMILES string of the molecule is CCC.CCNC(c1ccccc1C)C1(c2ccc(Cl)cc2)CCC1. The Bertz CT molecular complexity index is 643. The molecule has 3 rings (SSSR count). The average Bonchev–Trinajstić information content (AvgIpc) is 2.56. The van der Waals surface area contributed by atoms with E-state index in [4.69, 9.17) is 11.6 Å². The molecule has 0 heterocycles. The van der Waals surface area contributed by atoms with Crippen LogP contribution in [0.1, 0.15) is 69.2 Å². The van der Waals surface area contributed by atoms with E-state index in [1.807, 2.05) is 12.1 Å². The molecule has 1 nitrogen and oxygen atoms in total. The Balaban J connectivity index is 0.000000701. The standard InChI is InChI=1S/C20H24ClN.C3H8/c1-3-22-19(18-8-5-4-7-15(18)2)20(13-6-14-20)16-9-11-17(21)12-10-16;1-3-2/h4-5,7-12,19,22H,3,6,13-14H2,1-2H3;3H2,1-2H3. The largest absolute Gasteiger partial charge is 0.309 e. The number of rotatable bonds is 5. The van der Waals surface area contributed by atoms with Crippen molar-refractivity contribution in [2.45, 2.75) is 64.8 Å². The lowest BCUT2D eigenvalue weighted by Gasteiger charge is -2.49. The van der Waals surface area contributed by atoms with Gasteiger partial charge in [-0.3, -0.25) is 0 Å². The maximum Gasteiger partial charge on any atom is 0.0420 e. The van der Waals surface area contributed by atoms with E-state index in [1.54, 1.807) is 0 Å². The predicted molar refractivity (Wildman–Crippen MR) is 111 cm³/mol. The fraction of sp³-hybridized carbons (Fsp3) is 0.478. The predicted octanol–water partition coefficient (Wildman–Crippen LogP) is 6.84. The highest BCUT2D eigenvalue weighted by Gasteiger charge is 2.46. The molecule has 1 unspecified atom stereocenters. The molecule has 2 aromatic rings. The zero-order chi connectivity index (χ0) is 18.3. The van der Waals surface area contributed by atoms with Crippen molar-refractivity contribution in [2.24, 2.45) is 0 Å². The van der Waals surface area contributed by atoms with E-state index in [0.29, 0.717) is 6.04 Å². The lowest BCUT2D eigenvalue weighted by Crippen LogP contribution is -2.47. The summed E-state index contributed by atoms with van der Waals surface area (Å²) >= 11 is 6.09. The number of nitrogens with one attached hydrogen (secondary N) is 1. The van der Waals surface area contributed by atoms with E-state index < -0.39 is 0 Å². The van der Waals surface area contributed by atoms with E-state index in [0.717, 1.165) is 11.6 Å². The molecule has 136 valence electrons. The van der Waals surface area contributed by atoms with Gasteiger partial charge in [0.25, 0.3) is 0 Å². The molecule has 0 aromatic heterocycles.